The average molecular weight is 531 g/mol. The maximum Gasteiger partial charge on any atom is 0.220 e. The van der Waals surface area contributed by atoms with Gasteiger partial charge < -0.3 is 31.1 Å². The molecule has 0 saturated heterocycles. The van der Waals surface area contributed by atoms with Gasteiger partial charge in [0.05, 0.1) is 0 Å². The normalized spacial score (nSPS) is 16.8. The van der Waals surface area contributed by atoms with Crippen LogP contribution in [0.25, 0.3) is 0 Å². The smallest absolute Gasteiger partial charge is 0.220 e. The van der Waals surface area contributed by atoms with Gasteiger partial charge >= 0.3 is 0 Å². The van der Waals surface area contributed by atoms with E-state index in [2.05, 4.69) is 10.6 Å². The number of ketones is 1. The topological polar surface area (TPSA) is 139 Å². The second kappa shape index (κ2) is 18.6. The number of allylic oxidation sites excluding steroid dienone is 2. The molecule has 0 fully saturated rings. The minimum Gasteiger partial charge on any atom is -0.504 e. The molecule has 1 amide bonds. The third-order valence-electron chi connectivity index (χ3n) is 6.78. The summed E-state index contributed by atoms with van der Waals surface area (Å²) < 4.78 is 0. The highest BCUT2D eigenvalue weighted by atomic mass is 16.3. The molecular weight excluding hydrogens is 484 g/mol. The lowest BCUT2D eigenvalue weighted by molar-refractivity contribution is -0.121. The number of hydrogen-bond acceptors (Lipinski definition) is 7. The van der Waals surface area contributed by atoms with E-state index >= 15 is 0 Å². The van der Waals surface area contributed by atoms with Crippen LogP contribution >= 0.6 is 0 Å². The Bertz CT molecular complexity index is 914. The van der Waals surface area contributed by atoms with Gasteiger partial charge in [-0.2, -0.15) is 0 Å². The summed E-state index contributed by atoms with van der Waals surface area (Å²) in [4.78, 5) is 24.0. The number of phenolic OH excluding ortho intramolecular Hbond substituents is 2. The maximum absolute atomic E-state index is 12.1. The fraction of sp³-hybridized carbons (Fsp3) is 0.600. The van der Waals surface area contributed by atoms with E-state index in [0.29, 0.717) is 38.6 Å². The van der Waals surface area contributed by atoms with Crippen LogP contribution < -0.4 is 10.6 Å². The van der Waals surface area contributed by atoms with E-state index < -0.39 is 12.2 Å². The van der Waals surface area contributed by atoms with Crippen LogP contribution in [0.2, 0.25) is 0 Å². The van der Waals surface area contributed by atoms with Crippen LogP contribution in [-0.4, -0.2) is 64.0 Å². The Balaban J connectivity index is 1.31. The largest absolute Gasteiger partial charge is 0.504 e. The highest BCUT2D eigenvalue weighted by Crippen LogP contribution is 2.25. The van der Waals surface area contributed by atoms with E-state index in [1.54, 1.807) is 24.3 Å². The van der Waals surface area contributed by atoms with Crippen LogP contribution in [0.1, 0.15) is 82.6 Å². The molecule has 8 heteroatoms. The Morgan fingerprint density at radius 2 is 1.45 bits per heavy atom. The van der Waals surface area contributed by atoms with Gasteiger partial charge in [0.2, 0.25) is 5.91 Å². The first-order valence-electron chi connectivity index (χ1n) is 14.1. The van der Waals surface area contributed by atoms with Crippen LogP contribution in [0.3, 0.4) is 0 Å². The van der Waals surface area contributed by atoms with Crippen LogP contribution in [0.15, 0.2) is 42.0 Å². The molecule has 1 aromatic carbocycles. The number of aryl methyl sites for hydroxylation is 1. The highest BCUT2D eigenvalue weighted by Gasteiger charge is 2.15. The number of aliphatic hydroxyl groups excluding tert-OH is 2. The molecule has 2 atom stereocenters. The van der Waals surface area contributed by atoms with Crippen molar-refractivity contribution < 1.29 is 30.0 Å². The number of nitrogens with one attached hydrogen (secondary N) is 2. The summed E-state index contributed by atoms with van der Waals surface area (Å²) in [6, 6.07) is 4.61. The molecule has 1 aromatic rings. The van der Waals surface area contributed by atoms with Gasteiger partial charge in [0.1, 0.15) is 18.0 Å². The number of hydrogen-bond donors (Lipinski definition) is 6. The summed E-state index contributed by atoms with van der Waals surface area (Å²) in [7, 11) is 0. The third-order valence-corrected chi connectivity index (χ3v) is 6.78. The van der Waals surface area contributed by atoms with Crippen LogP contribution in [0, 0.1) is 0 Å². The number of Topliss-reactive ketones (excluding diaryl/α,β-unsaturated/α-hetero) is 1. The second-order valence-corrected chi connectivity index (χ2v) is 10.1. The van der Waals surface area contributed by atoms with Gasteiger partial charge in [-0.25, -0.2) is 0 Å². The molecule has 0 aliphatic heterocycles. The predicted molar refractivity (Wildman–Crippen MR) is 149 cm³/mol. The van der Waals surface area contributed by atoms with Gasteiger partial charge in [-0.1, -0.05) is 56.4 Å². The van der Waals surface area contributed by atoms with Crippen LogP contribution in [0.5, 0.6) is 11.5 Å². The van der Waals surface area contributed by atoms with E-state index in [1.165, 1.54) is 31.4 Å². The number of aliphatic hydroxyl groups is 2. The Morgan fingerprint density at radius 3 is 2.18 bits per heavy atom. The van der Waals surface area contributed by atoms with Crippen LogP contribution in [0.4, 0.5) is 0 Å². The number of benzene rings is 1. The molecule has 2 rings (SSSR count). The van der Waals surface area contributed by atoms with Crippen molar-refractivity contribution in [1.82, 2.24) is 10.6 Å². The Kier molecular flexibility index (Phi) is 15.4. The van der Waals surface area contributed by atoms with E-state index in [-0.39, 0.29) is 23.2 Å². The summed E-state index contributed by atoms with van der Waals surface area (Å²) in [5.41, 5.74) is 1.73. The molecule has 0 heterocycles. The van der Waals surface area contributed by atoms with Gasteiger partial charge in [-0.15, -0.1) is 0 Å². The first-order chi connectivity index (χ1) is 18.3. The first-order valence-corrected chi connectivity index (χ1v) is 14.1. The van der Waals surface area contributed by atoms with Gasteiger partial charge in [-0.05, 0) is 68.5 Å². The van der Waals surface area contributed by atoms with Crippen molar-refractivity contribution >= 4 is 11.7 Å². The van der Waals surface area contributed by atoms with Crippen molar-refractivity contribution in [1.29, 1.82) is 0 Å². The monoisotopic (exact) mass is 530 g/mol. The summed E-state index contributed by atoms with van der Waals surface area (Å²) in [6.45, 7) is 2.49. The zero-order valence-corrected chi connectivity index (χ0v) is 22.5. The molecule has 0 bridgehead atoms. The molecule has 2 unspecified atom stereocenters. The SMILES string of the molecule is O=C(CCCCCCCCCNCCCNC(=O)CCc1ccc(O)c(O)c1)CCC1=CC(O)C(O)C=C1. The minimum absolute atomic E-state index is 0.0151. The van der Waals surface area contributed by atoms with Gasteiger partial charge in [0, 0.05) is 25.8 Å². The molecular formula is C30H46N2O6. The number of aromatic hydroxyl groups is 2. The van der Waals surface area contributed by atoms with Crippen LogP contribution in [-0.2, 0) is 16.0 Å². The van der Waals surface area contributed by atoms with E-state index in [9.17, 15) is 30.0 Å². The van der Waals surface area contributed by atoms with Crippen molar-refractivity contribution in [3.8, 4) is 11.5 Å². The van der Waals surface area contributed by atoms with Crippen molar-refractivity contribution in [2.24, 2.45) is 0 Å². The summed E-state index contributed by atoms with van der Waals surface area (Å²) in [6.07, 6.45) is 14.7. The fourth-order valence-corrected chi connectivity index (χ4v) is 4.38. The Labute approximate surface area is 226 Å². The predicted octanol–water partition coefficient (Wildman–Crippen LogP) is 3.81. The lowest BCUT2D eigenvalue weighted by Gasteiger charge is -2.16. The average Bonchev–Trinajstić information content (AvgIpc) is 2.90. The van der Waals surface area contributed by atoms with E-state index in [1.807, 2.05) is 0 Å². The van der Waals surface area contributed by atoms with Gasteiger partial charge in [-0.3, -0.25) is 9.59 Å². The summed E-state index contributed by atoms with van der Waals surface area (Å²) in [5.74, 6) is -0.0717. The Morgan fingerprint density at radius 1 is 0.737 bits per heavy atom. The minimum atomic E-state index is -0.867. The molecule has 0 spiro atoms. The second-order valence-electron chi connectivity index (χ2n) is 10.1. The van der Waals surface area contributed by atoms with Crippen molar-refractivity contribution in [2.45, 2.75) is 95.7 Å². The molecule has 1 aliphatic rings. The lowest BCUT2D eigenvalue weighted by Crippen LogP contribution is -2.27. The zero-order valence-electron chi connectivity index (χ0n) is 22.5. The van der Waals surface area contributed by atoms with E-state index in [0.717, 1.165) is 56.3 Å². The number of unbranched alkanes of at least 4 members (excludes halogenated alkanes) is 6. The fourth-order valence-electron chi connectivity index (χ4n) is 4.38. The molecule has 0 aromatic heterocycles. The zero-order chi connectivity index (χ0) is 27.6. The lowest BCUT2D eigenvalue weighted by atomic mass is 9.97. The molecule has 0 radical (unpaired) electrons. The number of amides is 1. The molecule has 38 heavy (non-hydrogen) atoms. The molecule has 212 valence electrons. The maximum atomic E-state index is 12.1. The molecule has 6 N–H and O–H groups in total. The molecule has 1 aliphatic carbocycles. The molecule has 8 nitrogen and oxygen atoms in total. The Hall–Kier alpha value is -2.68. The number of carbonyl (C=O) groups excluding carboxylic acids is 2. The highest BCUT2D eigenvalue weighted by molar-refractivity contribution is 5.78. The summed E-state index contributed by atoms with van der Waals surface area (Å²) in [5, 5.41) is 44.2. The van der Waals surface area contributed by atoms with Crippen molar-refractivity contribution in [3.63, 3.8) is 0 Å². The van der Waals surface area contributed by atoms with Crippen molar-refractivity contribution in [2.75, 3.05) is 19.6 Å². The van der Waals surface area contributed by atoms with Gasteiger partial charge in [0.25, 0.3) is 0 Å². The standard InChI is InChI=1S/C30H46N2O6/c33-25(14-10-23-11-15-26(34)28(36)21-23)9-6-4-2-1-3-5-7-18-31-19-8-20-32-30(38)17-13-24-12-16-27(35)29(37)22-24/h11-12,15-16,21-22,26,28,31,34-37H,1-10,13-14,17-20H2,(H,32,38). The van der Waals surface area contributed by atoms with Gasteiger partial charge in [0.15, 0.2) is 11.5 Å². The van der Waals surface area contributed by atoms with Crippen molar-refractivity contribution in [3.05, 3.63) is 47.6 Å². The molecule has 0 saturated carbocycles. The quantitative estimate of drug-likeness (QED) is 0.111. The first kappa shape index (κ1) is 31.5. The number of carbonyl (C=O) groups is 2. The number of rotatable bonds is 20. The number of phenols is 2. The van der Waals surface area contributed by atoms with E-state index in [4.69, 9.17) is 0 Å². The third kappa shape index (κ3) is 13.7. The summed E-state index contributed by atoms with van der Waals surface area (Å²) >= 11 is 0.